The highest BCUT2D eigenvalue weighted by Crippen LogP contribution is 2.29. The van der Waals surface area contributed by atoms with Crippen molar-refractivity contribution in [1.82, 2.24) is 5.32 Å². The minimum Gasteiger partial charge on any atom is -0.491 e. The fourth-order valence-electron chi connectivity index (χ4n) is 2.00. The lowest BCUT2D eigenvalue weighted by Gasteiger charge is -2.18. The highest BCUT2D eigenvalue weighted by Gasteiger charge is 2.22. The molecular formula is C15H23NO2. The maximum atomic E-state index is 9.48. The third-order valence-electron chi connectivity index (χ3n) is 3.16. The molecule has 0 bridgehead atoms. The van der Waals surface area contributed by atoms with Crippen molar-refractivity contribution in [3.05, 3.63) is 29.8 Å². The summed E-state index contributed by atoms with van der Waals surface area (Å²) in [5.41, 5.74) is 1.09. The molecule has 0 saturated heterocycles. The molecule has 1 aliphatic rings. The number of rotatable bonds is 7. The second-order valence-corrected chi connectivity index (χ2v) is 5.33. The summed E-state index contributed by atoms with van der Waals surface area (Å²) in [4.78, 5) is 0. The van der Waals surface area contributed by atoms with Gasteiger partial charge >= 0.3 is 0 Å². The summed E-state index contributed by atoms with van der Waals surface area (Å²) in [6.07, 6.45) is 2.82. The van der Waals surface area contributed by atoms with Crippen LogP contribution in [0.1, 0.15) is 38.3 Å². The van der Waals surface area contributed by atoms with Gasteiger partial charge in [-0.05, 0) is 56.8 Å². The summed E-state index contributed by atoms with van der Waals surface area (Å²) in [5, 5.41) is 12.9. The van der Waals surface area contributed by atoms with E-state index in [1.54, 1.807) is 0 Å². The Morgan fingerprint density at radius 3 is 2.78 bits per heavy atom. The van der Waals surface area contributed by atoms with Crippen LogP contribution in [0.3, 0.4) is 0 Å². The molecule has 2 N–H and O–H groups in total. The molecule has 0 heterocycles. The SMILES string of the molecule is CC(C)Oc1cccc(C(CO)NCC2CC2)c1. The largest absolute Gasteiger partial charge is 0.491 e. The van der Waals surface area contributed by atoms with Crippen LogP contribution in [0.2, 0.25) is 0 Å². The molecule has 0 aromatic heterocycles. The lowest BCUT2D eigenvalue weighted by atomic mass is 10.1. The fourth-order valence-corrected chi connectivity index (χ4v) is 2.00. The smallest absolute Gasteiger partial charge is 0.120 e. The highest BCUT2D eigenvalue weighted by atomic mass is 16.5. The summed E-state index contributed by atoms with van der Waals surface area (Å²) in [5.74, 6) is 1.68. The molecule has 3 nitrogen and oxygen atoms in total. The standard InChI is InChI=1S/C15H23NO2/c1-11(2)18-14-5-3-4-13(8-14)15(10-17)16-9-12-6-7-12/h3-5,8,11-12,15-17H,6-7,9-10H2,1-2H3. The Bertz CT molecular complexity index is 375. The van der Waals surface area contributed by atoms with E-state index in [-0.39, 0.29) is 18.8 Å². The average molecular weight is 249 g/mol. The van der Waals surface area contributed by atoms with Crippen molar-refractivity contribution in [2.24, 2.45) is 5.92 Å². The second kappa shape index (κ2) is 6.21. The van der Waals surface area contributed by atoms with E-state index in [1.165, 1.54) is 12.8 Å². The third kappa shape index (κ3) is 4.00. The van der Waals surface area contributed by atoms with Crippen LogP contribution in [0.4, 0.5) is 0 Å². The lowest BCUT2D eigenvalue weighted by molar-refractivity contribution is 0.236. The molecule has 3 heteroatoms. The van der Waals surface area contributed by atoms with Crippen molar-refractivity contribution in [2.45, 2.75) is 38.8 Å². The Kier molecular flexibility index (Phi) is 4.61. The highest BCUT2D eigenvalue weighted by molar-refractivity contribution is 5.30. The Balaban J connectivity index is 1.99. The van der Waals surface area contributed by atoms with E-state index in [0.717, 1.165) is 23.8 Å². The zero-order chi connectivity index (χ0) is 13.0. The lowest BCUT2D eigenvalue weighted by Crippen LogP contribution is -2.26. The van der Waals surface area contributed by atoms with Crippen LogP contribution in [-0.4, -0.2) is 24.4 Å². The molecule has 18 heavy (non-hydrogen) atoms. The Labute approximate surface area is 109 Å². The van der Waals surface area contributed by atoms with Crippen molar-refractivity contribution in [1.29, 1.82) is 0 Å². The predicted octanol–water partition coefficient (Wildman–Crippen LogP) is 2.51. The molecular weight excluding hydrogens is 226 g/mol. The van der Waals surface area contributed by atoms with Gasteiger partial charge in [0.05, 0.1) is 18.8 Å². The number of aliphatic hydroxyl groups excluding tert-OH is 1. The third-order valence-corrected chi connectivity index (χ3v) is 3.16. The Hall–Kier alpha value is -1.06. The van der Waals surface area contributed by atoms with Crippen LogP contribution >= 0.6 is 0 Å². The maximum Gasteiger partial charge on any atom is 0.120 e. The Morgan fingerprint density at radius 1 is 1.39 bits per heavy atom. The van der Waals surface area contributed by atoms with Gasteiger partial charge in [0, 0.05) is 0 Å². The van der Waals surface area contributed by atoms with E-state index < -0.39 is 0 Å². The number of nitrogens with one attached hydrogen (secondary N) is 1. The number of benzene rings is 1. The molecule has 1 aromatic rings. The van der Waals surface area contributed by atoms with E-state index in [9.17, 15) is 5.11 Å². The van der Waals surface area contributed by atoms with Gasteiger partial charge in [0.25, 0.3) is 0 Å². The van der Waals surface area contributed by atoms with Crippen LogP contribution < -0.4 is 10.1 Å². The molecule has 1 atom stereocenters. The van der Waals surface area contributed by atoms with Crippen molar-refractivity contribution < 1.29 is 9.84 Å². The molecule has 1 unspecified atom stereocenters. The van der Waals surface area contributed by atoms with Gasteiger partial charge in [0.2, 0.25) is 0 Å². The fraction of sp³-hybridized carbons (Fsp3) is 0.600. The Morgan fingerprint density at radius 2 is 2.17 bits per heavy atom. The topological polar surface area (TPSA) is 41.5 Å². The summed E-state index contributed by atoms with van der Waals surface area (Å²) in [6, 6.07) is 8.00. The van der Waals surface area contributed by atoms with Crippen LogP contribution in [0.25, 0.3) is 0 Å². The van der Waals surface area contributed by atoms with Gasteiger partial charge in [-0.1, -0.05) is 12.1 Å². The van der Waals surface area contributed by atoms with E-state index in [2.05, 4.69) is 5.32 Å². The second-order valence-electron chi connectivity index (χ2n) is 5.33. The van der Waals surface area contributed by atoms with Crippen LogP contribution in [0.15, 0.2) is 24.3 Å². The normalized spacial score (nSPS) is 16.9. The van der Waals surface area contributed by atoms with Gasteiger partial charge in [-0.3, -0.25) is 0 Å². The van der Waals surface area contributed by atoms with Gasteiger partial charge in [-0.2, -0.15) is 0 Å². The van der Waals surface area contributed by atoms with Gasteiger partial charge in [0.1, 0.15) is 5.75 Å². The quantitative estimate of drug-likeness (QED) is 0.780. The van der Waals surface area contributed by atoms with Crippen LogP contribution in [0, 0.1) is 5.92 Å². The molecule has 2 rings (SSSR count). The predicted molar refractivity (Wildman–Crippen MR) is 72.8 cm³/mol. The molecule has 1 saturated carbocycles. The molecule has 0 amide bonds. The van der Waals surface area contributed by atoms with Gasteiger partial charge in [-0.25, -0.2) is 0 Å². The molecule has 1 fully saturated rings. The van der Waals surface area contributed by atoms with Crippen LogP contribution in [0.5, 0.6) is 5.75 Å². The van der Waals surface area contributed by atoms with Gasteiger partial charge in [-0.15, -0.1) is 0 Å². The number of hydrogen-bond acceptors (Lipinski definition) is 3. The first-order valence-corrected chi connectivity index (χ1v) is 6.80. The van der Waals surface area contributed by atoms with Crippen LogP contribution in [-0.2, 0) is 0 Å². The monoisotopic (exact) mass is 249 g/mol. The first-order valence-electron chi connectivity index (χ1n) is 6.80. The molecule has 0 radical (unpaired) electrons. The number of hydrogen-bond donors (Lipinski definition) is 2. The number of aliphatic hydroxyl groups is 1. The van der Waals surface area contributed by atoms with Gasteiger partial charge in [0.15, 0.2) is 0 Å². The minimum atomic E-state index is 0.0151. The van der Waals surface area contributed by atoms with E-state index in [1.807, 2.05) is 38.1 Å². The molecule has 1 aliphatic carbocycles. The van der Waals surface area contributed by atoms with E-state index in [4.69, 9.17) is 4.74 Å². The van der Waals surface area contributed by atoms with Gasteiger partial charge < -0.3 is 15.2 Å². The summed E-state index contributed by atoms with van der Waals surface area (Å²) >= 11 is 0. The zero-order valence-corrected chi connectivity index (χ0v) is 11.2. The van der Waals surface area contributed by atoms with Crippen molar-refractivity contribution in [3.8, 4) is 5.75 Å². The first kappa shape index (κ1) is 13.4. The maximum absolute atomic E-state index is 9.48. The summed E-state index contributed by atoms with van der Waals surface area (Å²) in [6.45, 7) is 5.15. The first-order chi connectivity index (χ1) is 8.69. The zero-order valence-electron chi connectivity index (χ0n) is 11.2. The molecule has 0 spiro atoms. The van der Waals surface area contributed by atoms with E-state index >= 15 is 0 Å². The van der Waals surface area contributed by atoms with Crippen molar-refractivity contribution >= 4 is 0 Å². The summed E-state index contributed by atoms with van der Waals surface area (Å²) in [7, 11) is 0. The average Bonchev–Trinajstić information content (AvgIpc) is 3.13. The minimum absolute atomic E-state index is 0.0151. The van der Waals surface area contributed by atoms with Crippen molar-refractivity contribution in [2.75, 3.05) is 13.2 Å². The van der Waals surface area contributed by atoms with E-state index in [0.29, 0.717) is 0 Å². The number of ether oxygens (including phenoxy) is 1. The molecule has 0 aliphatic heterocycles. The van der Waals surface area contributed by atoms with Crippen molar-refractivity contribution in [3.63, 3.8) is 0 Å². The summed E-state index contributed by atoms with van der Waals surface area (Å²) < 4.78 is 5.68. The molecule has 1 aromatic carbocycles. The molecule has 100 valence electrons.